The molecule has 0 aliphatic heterocycles. The summed E-state index contributed by atoms with van der Waals surface area (Å²) in [5, 5.41) is 29.2. The lowest BCUT2D eigenvalue weighted by molar-refractivity contribution is 0.0836. The van der Waals surface area contributed by atoms with Crippen LogP contribution < -0.4 is 4.74 Å². The Morgan fingerprint density at radius 2 is 1.38 bits per heavy atom. The van der Waals surface area contributed by atoms with E-state index in [1.807, 2.05) is 39.0 Å². The number of rotatable bonds is 13. The summed E-state index contributed by atoms with van der Waals surface area (Å²) in [5.74, 6) is 0.512. The van der Waals surface area contributed by atoms with Crippen LogP contribution in [0.15, 0.2) is 42.5 Å². The lowest BCUT2D eigenvalue weighted by atomic mass is 9.70. The fourth-order valence-electron chi connectivity index (χ4n) is 4.60. The molecular weight excluding hydrogens is 424 g/mol. The van der Waals surface area contributed by atoms with E-state index in [2.05, 4.69) is 51.1 Å². The Morgan fingerprint density at radius 1 is 0.824 bits per heavy atom. The van der Waals surface area contributed by atoms with Gasteiger partial charge in [-0.1, -0.05) is 70.2 Å². The van der Waals surface area contributed by atoms with Gasteiger partial charge in [0.05, 0.1) is 25.4 Å². The van der Waals surface area contributed by atoms with E-state index in [0.29, 0.717) is 19.4 Å². The first kappa shape index (κ1) is 28.1. The maximum absolute atomic E-state index is 10.6. The topological polar surface area (TPSA) is 69.9 Å². The van der Waals surface area contributed by atoms with Gasteiger partial charge in [-0.25, -0.2) is 0 Å². The molecule has 0 aliphatic carbocycles. The van der Waals surface area contributed by atoms with E-state index in [-0.39, 0.29) is 24.5 Å². The monoisotopic (exact) mass is 468 g/mol. The van der Waals surface area contributed by atoms with Crippen molar-refractivity contribution >= 4 is 6.08 Å². The summed E-state index contributed by atoms with van der Waals surface area (Å²) >= 11 is 0. The minimum absolute atomic E-state index is 0.0941. The Balaban J connectivity index is 2.38. The zero-order valence-electron chi connectivity index (χ0n) is 21.9. The molecule has 0 bridgehead atoms. The third-order valence-corrected chi connectivity index (χ3v) is 7.55. The number of ether oxygens (including phenoxy) is 1. The molecule has 0 spiro atoms. The maximum Gasteiger partial charge on any atom is 0.122 e. The predicted molar refractivity (Wildman–Crippen MR) is 141 cm³/mol. The summed E-state index contributed by atoms with van der Waals surface area (Å²) in [6.07, 6.45) is 7.33. The highest BCUT2D eigenvalue weighted by atomic mass is 16.5. The molecule has 4 heteroatoms. The molecule has 2 rings (SSSR count). The molecule has 0 atom stereocenters. The van der Waals surface area contributed by atoms with E-state index < -0.39 is 5.60 Å². The molecule has 0 aliphatic rings. The summed E-state index contributed by atoms with van der Waals surface area (Å²) in [7, 11) is 0. The zero-order chi connectivity index (χ0) is 25.4. The smallest absolute Gasteiger partial charge is 0.122 e. The second-order valence-electron chi connectivity index (χ2n) is 9.53. The Labute approximate surface area is 206 Å². The molecule has 0 amide bonds. The van der Waals surface area contributed by atoms with Crippen LogP contribution >= 0.6 is 0 Å². The number of hydrogen-bond donors (Lipinski definition) is 3. The van der Waals surface area contributed by atoms with Crippen molar-refractivity contribution in [3.05, 3.63) is 70.3 Å². The van der Waals surface area contributed by atoms with Crippen molar-refractivity contribution in [1.29, 1.82) is 0 Å². The highest BCUT2D eigenvalue weighted by Gasteiger charge is 2.31. The fourth-order valence-corrected chi connectivity index (χ4v) is 4.60. The van der Waals surface area contributed by atoms with Gasteiger partial charge >= 0.3 is 0 Å². The normalized spacial score (nSPS) is 12.6. The van der Waals surface area contributed by atoms with Gasteiger partial charge in [-0.05, 0) is 73.4 Å². The Hall–Kier alpha value is -2.14. The minimum Gasteiger partial charge on any atom is -0.493 e. The van der Waals surface area contributed by atoms with Gasteiger partial charge in [-0.3, -0.25) is 0 Å². The number of aliphatic hydroxyl groups excluding tert-OH is 2. The lowest BCUT2D eigenvalue weighted by Gasteiger charge is -2.34. The van der Waals surface area contributed by atoms with Gasteiger partial charge in [0.1, 0.15) is 5.75 Å². The number of hydrogen-bond acceptors (Lipinski definition) is 4. The van der Waals surface area contributed by atoms with Crippen LogP contribution in [0.3, 0.4) is 0 Å². The van der Waals surface area contributed by atoms with E-state index in [1.165, 1.54) is 16.7 Å². The van der Waals surface area contributed by atoms with Gasteiger partial charge in [-0.15, -0.1) is 0 Å². The molecule has 0 fully saturated rings. The quantitative estimate of drug-likeness (QED) is 0.340. The molecule has 0 aromatic heterocycles. The maximum atomic E-state index is 10.6. The average molecular weight is 469 g/mol. The third kappa shape index (κ3) is 6.29. The molecule has 188 valence electrons. The third-order valence-electron chi connectivity index (χ3n) is 7.55. The van der Waals surface area contributed by atoms with Gasteiger partial charge < -0.3 is 20.1 Å². The summed E-state index contributed by atoms with van der Waals surface area (Å²) in [4.78, 5) is 0. The van der Waals surface area contributed by atoms with Crippen LogP contribution in [0.4, 0.5) is 0 Å². The van der Waals surface area contributed by atoms with Crippen LogP contribution in [-0.2, 0) is 5.41 Å². The van der Waals surface area contributed by atoms with Crippen molar-refractivity contribution in [2.24, 2.45) is 5.92 Å². The summed E-state index contributed by atoms with van der Waals surface area (Å²) < 4.78 is 5.88. The largest absolute Gasteiger partial charge is 0.493 e. The molecule has 0 heterocycles. The van der Waals surface area contributed by atoms with Gasteiger partial charge in [0, 0.05) is 11.3 Å². The first-order valence-corrected chi connectivity index (χ1v) is 12.7. The van der Waals surface area contributed by atoms with Crippen molar-refractivity contribution in [3.63, 3.8) is 0 Å². The van der Waals surface area contributed by atoms with Gasteiger partial charge in [0.15, 0.2) is 0 Å². The molecule has 0 unspecified atom stereocenters. The van der Waals surface area contributed by atoms with Gasteiger partial charge in [0.25, 0.3) is 0 Å². The van der Waals surface area contributed by atoms with Crippen LogP contribution in [0.2, 0.25) is 0 Å². The van der Waals surface area contributed by atoms with Gasteiger partial charge in [0.2, 0.25) is 0 Å². The molecular formula is C30H44O4. The van der Waals surface area contributed by atoms with Crippen molar-refractivity contribution in [3.8, 4) is 5.75 Å². The molecule has 34 heavy (non-hydrogen) atoms. The standard InChI is InChI=1S/C30H44O4/c1-7-29(33,8-2)16-15-25-11-12-26(17-22(25)5)30(9-3,10-4)27-13-14-28(23(6)18-27)34-21-24(19-31)20-32/h11-18,24,31-33H,7-10,19-21H2,1-6H3/b16-15+. The van der Waals surface area contributed by atoms with Crippen molar-refractivity contribution in [2.45, 2.75) is 78.2 Å². The summed E-state index contributed by atoms with van der Waals surface area (Å²) in [6, 6.07) is 13.0. The first-order chi connectivity index (χ1) is 16.2. The van der Waals surface area contributed by atoms with E-state index >= 15 is 0 Å². The second kappa shape index (κ2) is 12.5. The van der Waals surface area contributed by atoms with Crippen LogP contribution in [0.1, 0.15) is 81.2 Å². The number of aliphatic hydroxyl groups is 3. The van der Waals surface area contributed by atoms with Crippen molar-refractivity contribution < 1.29 is 20.1 Å². The summed E-state index contributed by atoms with van der Waals surface area (Å²) in [5.41, 5.74) is 5.07. The predicted octanol–water partition coefficient (Wildman–Crippen LogP) is 5.95. The molecule has 2 aromatic carbocycles. The zero-order valence-corrected chi connectivity index (χ0v) is 21.9. The lowest BCUT2D eigenvalue weighted by Crippen LogP contribution is -2.26. The van der Waals surface area contributed by atoms with Crippen LogP contribution in [0.5, 0.6) is 5.75 Å². The molecule has 4 nitrogen and oxygen atoms in total. The van der Waals surface area contributed by atoms with Crippen molar-refractivity contribution in [1.82, 2.24) is 0 Å². The highest BCUT2D eigenvalue weighted by Crippen LogP contribution is 2.41. The van der Waals surface area contributed by atoms with E-state index in [4.69, 9.17) is 4.74 Å². The Bertz CT molecular complexity index is 935. The van der Waals surface area contributed by atoms with E-state index in [9.17, 15) is 15.3 Å². The van der Waals surface area contributed by atoms with Crippen LogP contribution in [0.25, 0.3) is 6.08 Å². The Kier molecular flexibility index (Phi) is 10.4. The van der Waals surface area contributed by atoms with Gasteiger partial charge in [-0.2, -0.15) is 0 Å². The Morgan fingerprint density at radius 3 is 1.85 bits per heavy atom. The molecule has 3 N–H and O–H groups in total. The fraction of sp³-hybridized carbons (Fsp3) is 0.533. The summed E-state index contributed by atoms with van der Waals surface area (Å²) in [6.45, 7) is 12.8. The van der Waals surface area contributed by atoms with E-state index in [0.717, 1.165) is 29.7 Å². The molecule has 2 aromatic rings. The van der Waals surface area contributed by atoms with Crippen LogP contribution in [0, 0.1) is 19.8 Å². The molecule has 0 radical (unpaired) electrons. The van der Waals surface area contributed by atoms with Crippen LogP contribution in [-0.4, -0.2) is 40.7 Å². The average Bonchev–Trinajstić information content (AvgIpc) is 2.86. The number of benzene rings is 2. The second-order valence-corrected chi connectivity index (χ2v) is 9.53. The highest BCUT2D eigenvalue weighted by molar-refractivity contribution is 5.57. The van der Waals surface area contributed by atoms with Crippen molar-refractivity contribution in [2.75, 3.05) is 19.8 Å². The number of aryl methyl sites for hydroxylation is 2. The molecule has 0 saturated carbocycles. The molecule has 0 saturated heterocycles. The van der Waals surface area contributed by atoms with E-state index in [1.54, 1.807) is 0 Å². The first-order valence-electron chi connectivity index (χ1n) is 12.7. The minimum atomic E-state index is -0.753. The SMILES string of the molecule is CCC(O)(/C=C/c1ccc(C(CC)(CC)c2ccc(OCC(CO)CO)c(C)c2)cc1C)CC.